The molecule has 0 saturated carbocycles. The van der Waals surface area contributed by atoms with Crippen molar-refractivity contribution in [1.29, 1.82) is 0 Å². The van der Waals surface area contributed by atoms with Crippen molar-refractivity contribution in [3.8, 4) is 11.3 Å². The molecule has 0 amide bonds. The first-order valence-electron chi connectivity index (χ1n) is 8.32. The van der Waals surface area contributed by atoms with Crippen molar-refractivity contribution < 1.29 is 0 Å². The maximum Gasteiger partial charge on any atom is 0.0955 e. The average molecular weight is 290 g/mol. The number of benzene rings is 1. The Kier molecular flexibility index (Phi) is 13.9. The van der Waals surface area contributed by atoms with E-state index in [0.29, 0.717) is 0 Å². The van der Waals surface area contributed by atoms with Crippen LogP contribution in [0.2, 0.25) is 0 Å². The molecule has 21 heavy (non-hydrogen) atoms. The molecule has 1 heterocycles. The minimum Gasteiger partial charge on any atom is -0.272 e. The van der Waals surface area contributed by atoms with Crippen molar-refractivity contribution in [2.75, 3.05) is 0 Å². The predicted octanol–water partition coefficient (Wildman–Crippen LogP) is 6.04. The summed E-state index contributed by atoms with van der Waals surface area (Å²) in [6.07, 6.45) is 1.03. The highest BCUT2D eigenvalue weighted by atomic mass is 15.3. The molecule has 0 unspecified atom stereocenters. The number of aromatic nitrogens is 2. The Bertz CT molecular complexity index is 456. The zero-order valence-corrected chi connectivity index (χ0v) is 15.5. The van der Waals surface area contributed by atoms with E-state index in [1.165, 1.54) is 16.8 Å². The van der Waals surface area contributed by atoms with Crippen LogP contribution in [0.15, 0.2) is 30.3 Å². The predicted molar refractivity (Wildman–Crippen MR) is 96.8 cm³/mol. The lowest BCUT2D eigenvalue weighted by Gasteiger charge is -1.98. The topological polar surface area (TPSA) is 17.8 Å². The van der Waals surface area contributed by atoms with Crippen LogP contribution in [0.25, 0.3) is 11.3 Å². The highest BCUT2D eigenvalue weighted by Crippen LogP contribution is 2.24. The molecule has 0 bridgehead atoms. The Morgan fingerprint density at radius 1 is 0.905 bits per heavy atom. The summed E-state index contributed by atoms with van der Waals surface area (Å²) in [4.78, 5) is 0. The molecule has 1 aromatic carbocycles. The molecule has 0 spiro atoms. The van der Waals surface area contributed by atoms with Crippen molar-refractivity contribution in [2.45, 2.75) is 61.8 Å². The van der Waals surface area contributed by atoms with E-state index in [0.717, 1.165) is 12.1 Å². The minimum absolute atomic E-state index is 1.03. The standard InChI is InChI=1S/C13H16N2.3C2H6/c1-4-12-10(2)13(14-15(12)3)11-8-6-5-7-9-11;3*1-2/h5-9H,4H2,1-3H3;3*1-2H3. The second-order valence-electron chi connectivity index (χ2n) is 3.76. The largest absolute Gasteiger partial charge is 0.272 e. The van der Waals surface area contributed by atoms with Gasteiger partial charge in [-0.05, 0) is 18.9 Å². The van der Waals surface area contributed by atoms with Crippen LogP contribution in [0.4, 0.5) is 0 Å². The van der Waals surface area contributed by atoms with Crippen LogP contribution in [0.5, 0.6) is 0 Å². The van der Waals surface area contributed by atoms with E-state index in [4.69, 9.17) is 0 Å². The first-order chi connectivity index (χ1) is 10.2. The molecule has 0 saturated heterocycles. The molecule has 0 N–H and O–H groups in total. The van der Waals surface area contributed by atoms with Crippen LogP contribution >= 0.6 is 0 Å². The monoisotopic (exact) mass is 290 g/mol. The van der Waals surface area contributed by atoms with Gasteiger partial charge in [0.15, 0.2) is 0 Å². The Morgan fingerprint density at radius 2 is 1.38 bits per heavy atom. The molecule has 1 aromatic heterocycles. The van der Waals surface area contributed by atoms with Crippen LogP contribution < -0.4 is 0 Å². The van der Waals surface area contributed by atoms with Gasteiger partial charge in [-0.25, -0.2) is 0 Å². The van der Waals surface area contributed by atoms with E-state index in [1.54, 1.807) is 0 Å². The summed E-state index contributed by atoms with van der Waals surface area (Å²) in [6.45, 7) is 16.3. The smallest absolute Gasteiger partial charge is 0.0955 e. The first-order valence-corrected chi connectivity index (χ1v) is 8.32. The highest BCUT2D eigenvalue weighted by Gasteiger charge is 2.11. The SMILES string of the molecule is CC.CC.CC.CCc1c(C)c(-c2ccccc2)nn1C. The molecule has 120 valence electrons. The maximum atomic E-state index is 4.57. The molecule has 2 rings (SSSR count). The molecule has 0 aliphatic heterocycles. The number of aryl methyl sites for hydroxylation is 1. The molecule has 0 fully saturated rings. The lowest BCUT2D eigenvalue weighted by atomic mass is 10.1. The molecule has 0 radical (unpaired) electrons. The quantitative estimate of drug-likeness (QED) is 0.659. The molecule has 0 atom stereocenters. The van der Waals surface area contributed by atoms with Gasteiger partial charge in [-0.1, -0.05) is 78.8 Å². The van der Waals surface area contributed by atoms with E-state index >= 15 is 0 Å². The maximum absolute atomic E-state index is 4.57. The lowest BCUT2D eigenvalue weighted by molar-refractivity contribution is 0.718. The summed E-state index contributed by atoms with van der Waals surface area (Å²) in [5.74, 6) is 0. The Hall–Kier alpha value is -1.57. The second-order valence-corrected chi connectivity index (χ2v) is 3.76. The summed E-state index contributed by atoms with van der Waals surface area (Å²) in [5, 5.41) is 4.57. The summed E-state index contributed by atoms with van der Waals surface area (Å²) in [5.41, 5.74) is 4.92. The molecule has 2 aromatic rings. The molecular formula is C19H34N2. The van der Waals surface area contributed by atoms with Gasteiger partial charge >= 0.3 is 0 Å². The van der Waals surface area contributed by atoms with Gasteiger partial charge in [0.1, 0.15) is 0 Å². The zero-order chi connectivity index (χ0) is 16.8. The van der Waals surface area contributed by atoms with E-state index in [1.807, 2.05) is 59.3 Å². The van der Waals surface area contributed by atoms with Crippen LogP contribution in [0.3, 0.4) is 0 Å². The van der Waals surface area contributed by atoms with E-state index in [-0.39, 0.29) is 0 Å². The number of rotatable bonds is 2. The van der Waals surface area contributed by atoms with Crippen LogP contribution in [0.1, 0.15) is 59.7 Å². The van der Waals surface area contributed by atoms with Gasteiger partial charge in [-0.15, -0.1) is 0 Å². The Morgan fingerprint density at radius 3 is 1.76 bits per heavy atom. The third-order valence-electron chi connectivity index (χ3n) is 2.81. The molecular weight excluding hydrogens is 256 g/mol. The van der Waals surface area contributed by atoms with E-state index in [9.17, 15) is 0 Å². The number of hydrogen-bond acceptors (Lipinski definition) is 1. The molecule has 0 aliphatic rings. The number of hydrogen-bond donors (Lipinski definition) is 0. The summed E-state index contributed by atoms with van der Waals surface area (Å²) >= 11 is 0. The van der Waals surface area contributed by atoms with Crippen molar-refractivity contribution in [3.63, 3.8) is 0 Å². The van der Waals surface area contributed by atoms with Gasteiger partial charge < -0.3 is 0 Å². The van der Waals surface area contributed by atoms with Crippen LogP contribution in [-0.2, 0) is 13.5 Å². The van der Waals surface area contributed by atoms with Gasteiger partial charge in [0.2, 0.25) is 0 Å². The van der Waals surface area contributed by atoms with Crippen molar-refractivity contribution in [1.82, 2.24) is 9.78 Å². The van der Waals surface area contributed by atoms with Gasteiger partial charge in [0.25, 0.3) is 0 Å². The third kappa shape index (κ3) is 6.16. The minimum atomic E-state index is 1.03. The van der Waals surface area contributed by atoms with E-state index in [2.05, 4.69) is 43.2 Å². The molecule has 2 nitrogen and oxygen atoms in total. The molecule has 0 aliphatic carbocycles. The fourth-order valence-electron chi connectivity index (χ4n) is 2.03. The number of nitrogens with zero attached hydrogens (tertiary/aromatic N) is 2. The van der Waals surface area contributed by atoms with Gasteiger partial charge in [0.05, 0.1) is 5.69 Å². The zero-order valence-electron chi connectivity index (χ0n) is 15.5. The summed E-state index contributed by atoms with van der Waals surface area (Å²) < 4.78 is 1.98. The van der Waals surface area contributed by atoms with Gasteiger partial charge in [-0.3, -0.25) is 4.68 Å². The second kappa shape index (κ2) is 13.4. The van der Waals surface area contributed by atoms with Crippen molar-refractivity contribution >= 4 is 0 Å². The van der Waals surface area contributed by atoms with Gasteiger partial charge in [-0.2, -0.15) is 5.10 Å². The third-order valence-corrected chi connectivity index (χ3v) is 2.81. The summed E-state index contributed by atoms with van der Waals surface area (Å²) in [6, 6.07) is 10.3. The van der Waals surface area contributed by atoms with Crippen molar-refractivity contribution in [2.24, 2.45) is 7.05 Å². The van der Waals surface area contributed by atoms with E-state index < -0.39 is 0 Å². The van der Waals surface area contributed by atoms with Crippen LogP contribution in [-0.4, -0.2) is 9.78 Å². The normalized spacial score (nSPS) is 8.43. The lowest BCUT2D eigenvalue weighted by Crippen LogP contribution is -1.96. The average Bonchev–Trinajstić information content (AvgIpc) is 2.88. The van der Waals surface area contributed by atoms with Crippen LogP contribution in [0, 0.1) is 6.92 Å². The first kappa shape index (κ1) is 21.7. The fourth-order valence-corrected chi connectivity index (χ4v) is 2.03. The van der Waals surface area contributed by atoms with Crippen molar-refractivity contribution in [3.05, 3.63) is 41.6 Å². The Labute approximate surface area is 132 Å². The highest BCUT2D eigenvalue weighted by molar-refractivity contribution is 5.63. The van der Waals surface area contributed by atoms with Gasteiger partial charge in [0, 0.05) is 18.3 Å². The Balaban J connectivity index is 0. The summed E-state index contributed by atoms with van der Waals surface area (Å²) in [7, 11) is 2.01. The molecule has 2 heteroatoms. The fraction of sp³-hybridized carbons (Fsp3) is 0.526.